The van der Waals surface area contributed by atoms with Gasteiger partial charge in [-0.1, -0.05) is 12.8 Å². The number of hydrogen-bond donors (Lipinski definition) is 1. The predicted octanol–water partition coefficient (Wildman–Crippen LogP) is 0.872. The topological polar surface area (TPSA) is 85.5 Å². The van der Waals surface area contributed by atoms with E-state index in [0.29, 0.717) is 25.4 Å². The highest BCUT2D eigenvalue weighted by Crippen LogP contribution is 2.32. The second kappa shape index (κ2) is 6.00. The number of nitrogens with zero attached hydrogens (tertiary/aromatic N) is 2. The molecule has 1 aromatic heterocycles. The standard InChI is InChI=1S/C14H21N3O3S/c15-9-11-5-6-12(10-16-11)21(18,19)17-7-8-20-14-4-2-1-3-13(14)17/h5-6,10,13-14H,1-4,7-9,15H2. The minimum atomic E-state index is -3.51. The van der Waals surface area contributed by atoms with Crippen molar-refractivity contribution in [3.05, 3.63) is 24.0 Å². The number of nitrogens with two attached hydrogens (primary N) is 1. The molecule has 0 radical (unpaired) electrons. The van der Waals surface area contributed by atoms with Crippen LogP contribution in [0.2, 0.25) is 0 Å². The van der Waals surface area contributed by atoms with Gasteiger partial charge in [0, 0.05) is 19.3 Å². The van der Waals surface area contributed by atoms with Crippen LogP contribution in [-0.2, 0) is 21.3 Å². The van der Waals surface area contributed by atoms with Crippen LogP contribution < -0.4 is 5.73 Å². The molecule has 1 saturated carbocycles. The molecule has 0 spiro atoms. The number of pyridine rings is 1. The summed E-state index contributed by atoms with van der Waals surface area (Å²) in [4.78, 5) is 4.34. The highest BCUT2D eigenvalue weighted by atomic mass is 32.2. The molecule has 1 aromatic rings. The van der Waals surface area contributed by atoms with Crippen LogP contribution in [-0.4, -0.2) is 43.0 Å². The number of hydrogen-bond acceptors (Lipinski definition) is 5. The fourth-order valence-corrected chi connectivity index (χ4v) is 4.79. The zero-order valence-corrected chi connectivity index (χ0v) is 12.8. The number of fused-ring (bicyclic) bond motifs is 1. The van der Waals surface area contributed by atoms with Gasteiger partial charge in [-0.05, 0) is 25.0 Å². The van der Waals surface area contributed by atoms with Crippen molar-refractivity contribution in [1.82, 2.24) is 9.29 Å². The van der Waals surface area contributed by atoms with E-state index in [2.05, 4.69) is 4.98 Å². The van der Waals surface area contributed by atoms with Crippen LogP contribution in [0.5, 0.6) is 0 Å². The van der Waals surface area contributed by atoms with E-state index >= 15 is 0 Å². The largest absolute Gasteiger partial charge is 0.375 e. The lowest BCUT2D eigenvalue weighted by atomic mass is 9.91. The van der Waals surface area contributed by atoms with Gasteiger partial charge in [-0.3, -0.25) is 4.98 Å². The van der Waals surface area contributed by atoms with Gasteiger partial charge in [0.15, 0.2) is 0 Å². The number of rotatable bonds is 3. The number of morpholine rings is 1. The normalized spacial score (nSPS) is 27.3. The van der Waals surface area contributed by atoms with E-state index in [0.717, 1.165) is 25.7 Å². The molecule has 2 aliphatic rings. The second-order valence-corrected chi connectivity index (χ2v) is 7.46. The molecule has 116 valence electrons. The maximum atomic E-state index is 12.8. The Hall–Kier alpha value is -1.02. The molecule has 0 amide bonds. The fourth-order valence-electron chi connectivity index (χ4n) is 3.18. The summed E-state index contributed by atoms with van der Waals surface area (Å²) < 4.78 is 33.0. The third-order valence-electron chi connectivity index (χ3n) is 4.29. The summed E-state index contributed by atoms with van der Waals surface area (Å²) in [5.74, 6) is 0. The maximum Gasteiger partial charge on any atom is 0.245 e. The fraction of sp³-hybridized carbons (Fsp3) is 0.643. The van der Waals surface area contributed by atoms with Crippen LogP contribution in [0.15, 0.2) is 23.2 Å². The van der Waals surface area contributed by atoms with E-state index in [1.165, 1.54) is 6.20 Å². The molecule has 6 nitrogen and oxygen atoms in total. The van der Waals surface area contributed by atoms with Crippen LogP contribution in [0.3, 0.4) is 0 Å². The first-order valence-corrected chi connectivity index (χ1v) is 8.85. The second-order valence-electron chi connectivity index (χ2n) is 5.57. The van der Waals surface area contributed by atoms with Crippen LogP contribution in [0.1, 0.15) is 31.4 Å². The van der Waals surface area contributed by atoms with Crippen molar-refractivity contribution in [1.29, 1.82) is 0 Å². The molecule has 0 aromatic carbocycles. The van der Waals surface area contributed by atoms with Crippen molar-refractivity contribution in [2.45, 2.75) is 49.3 Å². The zero-order chi connectivity index (χ0) is 14.9. The van der Waals surface area contributed by atoms with E-state index in [4.69, 9.17) is 10.5 Å². The molecular weight excluding hydrogens is 290 g/mol. The first-order chi connectivity index (χ1) is 10.1. The maximum absolute atomic E-state index is 12.8. The Morgan fingerprint density at radius 3 is 2.86 bits per heavy atom. The van der Waals surface area contributed by atoms with E-state index in [9.17, 15) is 8.42 Å². The van der Waals surface area contributed by atoms with Gasteiger partial charge >= 0.3 is 0 Å². The number of aromatic nitrogens is 1. The average molecular weight is 311 g/mol. The molecule has 1 saturated heterocycles. The summed E-state index contributed by atoms with van der Waals surface area (Å²) in [6, 6.07) is 3.23. The minimum Gasteiger partial charge on any atom is -0.375 e. The first-order valence-electron chi connectivity index (χ1n) is 7.41. The van der Waals surface area contributed by atoms with Crippen molar-refractivity contribution < 1.29 is 13.2 Å². The molecule has 2 unspecified atom stereocenters. The third-order valence-corrected chi connectivity index (χ3v) is 6.20. The molecule has 7 heteroatoms. The lowest BCUT2D eigenvalue weighted by Crippen LogP contribution is -2.54. The minimum absolute atomic E-state index is 0.0355. The van der Waals surface area contributed by atoms with Gasteiger partial charge in [0.2, 0.25) is 10.0 Å². The lowest BCUT2D eigenvalue weighted by Gasteiger charge is -2.42. The summed E-state index contributed by atoms with van der Waals surface area (Å²) in [5.41, 5.74) is 6.19. The van der Waals surface area contributed by atoms with Crippen molar-refractivity contribution in [2.24, 2.45) is 5.73 Å². The van der Waals surface area contributed by atoms with Crippen molar-refractivity contribution in [3.8, 4) is 0 Å². The van der Waals surface area contributed by atoms with Gasteiger partial charge in [0.05, 0.1) is 24.4 Å². The summed E-state index contributed by atoms with van der Waals surface area (Å²) >= 11 is 0. The third kappa shape index (κ3) is 2.83. The highest BCUT2D eigenvalue weighted by molar-refractivity contribution is 7.89. The quantitative estimate of drug-likeness (QED) is 0.895. The molecule has 21 heavy (non-hydrogen) atoms. The van der Waals surface area contributed by atoms with Crippen LogP contribution >= 0.6 is 0 Å². The zero-order valence-electron chi connectivity index (χ0n) is 11.9. The molecule has 2 heterocycles. The van der Waals surface area contributed by atoms with E-state index in [1.54, 1.807) is 16.4 Å². The van der Waals surface area contributed by atoms with Crippen molar-refractivity contribution in [3.63, 3.8) is 0 Å². The smallest absolute Gasteiger partial charge is 0.245 e. The molecule has 1 aliphatic carbocycles. The summed E-state index contributed by atoms with van der Waals surface area (Å²) in [5, 5.41) is 0. The SMILES string of the molecule is NCc1ccc(S(=O)(=O)N2CCOC3CCCCC32)cn1. The van der Waals surface area contributed by atoms with Gasteiger partial charge in [-0.2, -0.15) is 4.31 Å². The van der Waals surface area contributed by atoms with E-state index in [-0.39, 0.29) is 17.0 Å². The van der Waals surface area contributed by atoms with Crippen LogP contribution in [0.25, 0.3) is 0 Å². The van der Waals surface area contributed by atoms with Crippen molar-refractivity contribution in [2.75, 3.05) is 13.2 Å². The molecule has 3 rings (SSSR count). The molecule has 2 fully saturated rings. The predicted molar refractivity (Wildman–Crippen MR) is 78.0 cm³/mol. The molecule has 1 aliphatic heterocycles. The average Bonchev–Trinajstić information content (AvgIpc) is 2.54. The summed E-state index contributed by atoms with van der Waals surface area (Å²) in [6.45, 7) is 1.19. The Morgan fingerprint density at radius 1 is 1.33 bits per heavy atom. The first kappa shape index (κ1) is 14.9. The van der Waals surface area contributed by atoms with Gasteiger partial charge in [0.1, 0.15) is 4.90 Å². The van der Waals surface area contributed by atoms with Gasteiger partial charge in [-0.25, -0.2) is 8.42 Å². The Balaban J connectivity index is 1.88. The monoisotopic (exact) mass is 311 g/mol. The summed E-state index contributed by atoms with van der Waals surface area (Å²) in [6.07, 6.45) is 5.44. The Labute approximate surface area is 125 Å². The Morgan fingerprint density at radius 2 is 2.14 bits per heavy atom. The molecule has 2 N–H and O–H groups in total. The Kier molecular flexibility index (Phi) is 4.26. The van der Waals surface area contributed by atoms with Gasteiger partial charge < -0.3 is 10.5 Å². The summed E-state index contributed by atoms with van der Waals surface area (Å²) in [7, 11) is -3.51. The lowest BCUT2D eigenvalue weighted by molar-refractivity contribution is -0.0586. The highest BCUT2D eigenvalue weighted by Gasteiger charge is 2.40. The Bertz CT molecular complexity index is 586. The van der Waals surface area contributed by atoms with Gasteiger partial charge in [-0.15, -0.1) is 0 Å². The van der Waals surface area contributed by atoms with Gasteiger partial charge in [0.25, 0.3) is 0 Å². The van der Waals surface area contributed by atoms with E-state index in [1.807, 2.05) is 0 Å². The van der Waals surface area contributed by atoms with Crippen LogP contribution in [0.4, 0.5) is 0 Å². The number of sulfonamides is 1. The van der Waals surface area contributed by atoms with E-state index < -0.39 is 10.0 Å². The molecular formula is C14H21N3O3S. The number of ether oxygens (including phenoxy) is 1. The van der Waals surface area contributed by atoms with Crippen molar-refractivity contribution >= 4 is 10.0 Å². The molecule has 2 atom stereocenters. The van der Waals surface area contributed by atoms with Crippen LogP contribution in [0, 0.1) is 0 Å². The molecule has 0 bridgehead atoms.